The first-order valence-corrected chi connectivity index (χ1v) is 6.21. The summed E-state index contributed by atoms with van der Waals surface area (Å²) in [4.78, 5) is 0. The van der Waals surface area contributed by atoms with Gasteiger partial charge < -0.3 is 10.6 Å². The molecule has 4 atom stereocenters. The van der Waals surface area contributed by atoms with Crippen LogP contribution in [0.2, 0.25) is 0 Å². The van der Waals surface area contributed by atoms with Gasteiger partial charge in [-0.25, -0.2) is 0 Å². The largest absolute Gasteiger partial charge is 0.310 e. The molecule has 2 unspecified atom stereocenters. The first-order chi connectivity index (χ1) is 6.71. The van der Waals surface area contributed by atoms with Crippen molar-refractivity contribution in [2.45, 2.75) is 59.7 Å². The molecule has 0 radical (unpaired) electrons. The molecule has 2 fully saturated rings. The van der Waals surface area contributed by atoms with Crippen molar-refractivity contribution >= 4 is 0 Å². The lowest BCUT2D eigenvalue weighted by Crippen LogP contribution is -2.54. The fourth-order valence-corrected chi connectivity index (χ4v) is 3.52. The normalized spacial score (nSPS) is 41.2. The van der Waals surface area contributed by atoms with Crippen LogP contribution in [0.5, 0.6) is 0 Å². The minimum absolute atomic E-state index is 0.357. The van der Waals surface area contributed by atoms with Gasteiger partial charge in [0.25, 0.3) is 0 Å². The van der Waals surface area contributed by atoms with Gasteiger partial charge in [0.1, 0.15) is 0 Å². The summed E-state index contributed by atoms with van der Waals surface area (Å²) < 4.78 is 0. The Hall–Kier alpha value is -0.0800. The number of rotatable bonds is 0. The maximum Gasteiger partial charge on any atom is 0.0276 e. The Morgan fingerprint density at radius 1 is 0.933 bits per heavy atom. The summed E-state index contributed by atoms with van der Waals surface area (Å²) in [6.45, 7) is 15.3. The van der Waals surface area contributed by atoms with Gasteiger partial charge >= 0.3 is 0 Å². The predicted molar refractivity (Wildman–Crippen MR) is 64.9 cm³/mol. The minimum atomic E-state index is 0.357. The smallest absolute Gasteiger partial charge is 0.0276 e. The summed E-state index contributed by atoms with van der Waals surface area (Å²) in [5.74, 6) is 0.779. The molecule has 88 valence electrons. The highest BCUT2D eigenvalue weighted by atomic mass is 15.2. The Morgan fingerprint density at radius 3 is 1.87 bits per heavy atom. The van der Waals surface area contributed by atoms with E-state index < -0.39 is 0 Å². The van der Waals surface area contributed by atoms with Crippen LogP contribution in [0, 0.1) is 16.7 Å². The molecule has 2 bridgehead atoms. The monoisotopic (exact) mass is 210 g/mol. The van der Waals surface area contributed by atoms with Gasteiger partial charge in [-0.3, -0.25) is 0 Å². The topological polar surface area (TPSA) is 24.1 Å². The van der Waals surface area contributed by atoms with E-state index in [9.17, 15) is 0 Å². The van der Waals surface area contributed by atoms with Gasteiger partial charge in [-0.2, -0.15) is 0 Å². The maximum absolute atomic E-state index is 3.82. The fraction of sp³-hybridized carbons (Fsp3) is 1.00. The van der Waals surface area contributed by atoms with Crippen LogP contribution < -0.4 is 10.6 Å². The Balaban J connectivity index is 2.20. The number of hydrogen-bond acceptors (Lipinski definition) is 2. The highest BCUT2D eigenvalue weighted by Gasteiger charge is 2.54. The fourth-order valence-electron chi connectivity index (χ4n) is 3.52. The van der Waals surface area contributed by atoms with Gasteiger partial charge in [-0.1, -0.05) is 41.5 Å². The van der Waals surface area contributed by atoms with E-state index in [-0.39, 0.29) is 0 Å². The molecular weight excluding hydrogens is 184 g/mol. The first-order valence-electron chi connectivity index (χ1n) is 6.21. The molecule has 2 N–H and O–H groups in total. The summed E-state index contributed by atoms with van der Waals surface area (Å²) in [7, 11) is 0. The molecule has 0 aromatic heterocycles. The molecule has 2 rings (SSSR count). The molecule has 0 aliphatic carbocycles. The molecule has 0 amide bonds. The standard InChI is InChI=1S/C13H26N2/c1-12(2,3)9-8-7-14-10(9)11(15-8)13(4,5)6/h8-11,14-15H,7H2,1-6H3/t8-,9?,10+,11?/m0/s1. The Labute approximate surface area is 94.2 Å². The Morgan fingerprint density at radius 2 is 1.53 bits per heavy atom. The van der Waals surface area contributed by atoms with Crippen molar-refractivity contribution in [2.75, 3.05) is 6.54 Å². The molecule has 2 nitrogen and oxygen atoms in total. The zero-order chi connectivity index (χ0) is 11.4. The molecule has 2 aliphatic rings. The number of piperazine rings is 1. The van der Waals surface area contributed by atoms with Gasteiger partial charge in [0.15, 0.2) is 0 Å². The van der Waals surface area contributed by atoms with Crippen molar-refractivity contribution < 1.29 is 0 Å². The van der Waals surface area contributed by atoms with Crippen LogP contribution in [-0.2, 0) is 0 Å². The maximum atomic E-state index is 3.82. The van der Waals surface area contributed by atoms with Crippen molar-refractivity contribution in [1.82, 2.24) is 10.6 Å². The number of nitrogens with one attached hydrogen (secondary N) is 2. The third kappa shape index (κ3) is 1.83. The van der Waals surface area contributed by atoms with Crippen molar-refractivity contribution in [3.05, 3.63) is 0 Å². The van der Waals surface area contributed by atoms with Crippen molar-refractivity contribution in [2.24, 2.45) is 16.7 Å². The van der Waals surface area contributed by atoms with Gasteiger partial charge in [-0.05, 0) is 16.7 Å². The van der Waals surface area contributed by atoms with Crippen molar-refractivity contribution in [3.8, 4) is 0 Å². The Bertz CT molecular complexity index is 246. The lowest BCUT2D eigenvalue weighted by molar-refractivity contribution is 0.197. The lowest BCUT2D eigenvalue weighted by atomic mass is 9.72. The number of fused-ring (bicyclic) bond motifs is 2. The molecule has 2 heterocycles. The molecule has 0 aromatic carbocycles. The van der Waals surface area contributed by atoms with E-state index in [1.54, 1.807) is 0 Å². The number of hydrogen-bond donors (Lipinski definition) is 2. The van der Waals surface area contributed by atoms with Gasteiger partial charge in [0.05, 0.1) is 0 Å². The third-order valence-corrected chi connectivity index (χ3v) is 4.08. The van der Waals surface area contributed by atoms with E-state index in [4.69, 9.17) is 0 Å². The first kappa shape index (κ1) is 11.4. The minimum Gasteiger partial charge on any atom is -0.310 e. The van der Waals surface area contributed by atoms with E-state index in [1.807, 2.05) is 0 Å². The average Bonchev–Trinajstić information content (AvgIpc) is 2.55. The second kappa shape index (κ2) is 3.21. The molecule has 2 saturated heterocycles. The summed E-state index contributed by atoms with van der Waals surface area (Å²) in [6, 6.07) is 1.97. The van der Waals surface area contributed by atoms with Gasteiger partial charge in [0, 0.05) is 24.7 Å². The van der Waals surface area contributed by atoms with Gasteiger partial charge in [-0.15, -0.1) is 0 Å². The van der Waals surface area contributed by atoms with E-state index >= 15 is 0 Å². The predicted octanol–water partition coefficient (Wildman–Crippen LogP) is 2.01. The molecule has 15 heavy (non-hydrogen) atoms. The Kier molecular flexibility index (Phi) is 2.44. The molecule has 0 saturated carbocycles. The van der Waals surface area contributed by atoms with Gasteiger partial charge in [0.2, 0.25) is 0 Å². The van der Waals surface area contributed by atoms with E-state index in [2.05, 4.69) is 52.2 Å². The zero-order valence-electron chi connectivity index (χ0n) is 11.0. The van der Waals surface area contributed by atoms with E-state index in [1.165, 1.54) is 0 Å². The second-order valence-corrected chi connectivity index (χ2v) is 7.44. The highest BCUT2D eigenvalue weighted by Crippen LogP contribution is 2.43. The molecule has 0 aromatic rings. The van der Waals surface area contributed by atoms with Crippen LogP contribution in [0.3, 0.4) is 0 Å². The van der Waals surface area contributed by atoms with Crippen LogP contribution in [0.1, 0.15) is 41.5 Å². The summed E-state index contributed by atoms with van der Waals surface area (Å²) in [5.41, 5.74) is 0.766. The van der Waals surface area contributed by atoms with Crippen LogP contribution in [0.25, 0.3) is 0 Å². The van der Waals surface area contributed by atoms with E-state index in [0.29, 0.717) is 29.0 Å². The summed E-state index contributed by atoms with van der Waals surface area (Å²) in [6.07, 6.45) is 0. The van der Waals surface area contributed by atoms with Crippen molar-refractivity contribution in [3.63, 3.8) is 0 Å². The molecule has 0 spiro atoms. The van der Waals surface area contributed by atoms with Crippen LogP contribution in [0.4, 0.5) is 0 Å². The molecule has 2 aliphatic heterocycles. The van der Waals surface area contributed by atoms with E-state index in [0.717, 1.165) is 12.5 Å². The highest BCUT2D eigenvalue weighted by molar-refractivity contribution is 5.13. The summed E-state index contributed by atoms with van der Waals surface area (Å²) >= 11 is 0. The molecular formula is C13H26N2. The summed E-state index contributed by atoms with van der Waals surface area (Å²) in [5, 5.41) is 7.53. The zero-order valence-corrected chi connectivity index (χ0v) is 11.0. The third-order valence-electron chi connectivity index (χ3n) is 4.08. The quantitative estimate of drug-likeness (QED) is 0.639. The SMILES string of the molecule is CC(C)(C)C1N[C@H]2CN[C@@H]1C2C(C)(C)C. The van der Waals surface area contributed by atoms with Crippen LogP contribution in [-0.4, -0.2) is 24.7 Å². The van der Waals surface area contributed by atoms with Crippen LogP contribution in [0.15, 0.2) is 0 Å². The lowest BCUT2D eigenvalue weighted by Gasteiger charge is -2.36. The van der Waals surface area contributed by atoms with Crippen molar-refractivity contribution in [1.29, 1.82) is 0 Å². The molecule has 2 heteroatoms. The second-order valence-electron chi connectivity index (χ2n) is 7.44. The van der Waals surface area contributed by atoms with Crippen LogP contribution >= 0.6 is 0 Å². The average molecular weight is 210 g/mol.